The van der Waals surface area contributed by atoms with Crippen LogP contribution in [0.4, 0.5) is 10.5 Å². The molecule has 0 bridgehead atoms. The van der Waals surface area contributed by atoms with Crippen LogP contribution in [0.15, 0.2) is 97.2 Å². The molecular formula is C32H31N5O. The molecule has 6 nitrogen and oxygen atoms in total. The molecule has 2 amide bonds. The largest absolute Gasteiger partial charge is 0.322 e. The Bertz CT molecular complexity index is 1600. The molecule has 5 aromatic rings. The van der Waals surface area contributed by atoms with Gasteiger partial charge in [-0.1, -0.05) is 67.6 Å². The second-order valence-corrected chi connectivity index (χ2v) is 9.81. The molecule has 1 N–H and O–H groups in total. The molecule has 3 heterocycles. The van der Waals surface area contributed by atoms with Gasteiger partial charge in [-0.05, 0) is 67.3 Å². The van der Waals surface area contributed by atoms with Crippen LogP contribution in [0.1, 0.15) is 46.6 Å². The molecule has 0 fully saturated rings. The fourth-order valence-electron chi connectivity index (χ4n) is 5.34. The number of hydrogen-bond acceptors (Lipinski definition) is 2. The molecule has 0 saturated heterocycles. The van der Waals surface area contributed by atoms with Gasteiger partial charge < -0.3 is 14.8 Å². The van der Waals surface area contributed by atoms with Crippen LogP contribution in [0.25, 0.3) is 11.5 Å². The molecule has 2 aromatic heterocycles. The third kappa shape index (κ3) is 4.08. The molecule has 1 unspecified atom stereocenters. The first-order chi connectivity index (χ1) is 18.5. The first-order valence-electron chi connectivity index (χ1n) is 13.1. The lowest BCUT2D eigenvalue weighted by atomic mass is 9.99. The van der Waals surface area contributed by atoms with E-state index in [4.69, 9.17) is 5.10 Å². The maximum absolute atomic E-state index is 14.1. The average molecular weight is 502 g/mol. The van der Waals surface area contributed by atoms with Gasteiger partial charge >= 0.3 is 6.03 Å². The molecule has 1 aliphatic rings. The Labute approximate surface area is 223 Å². The normalized spacial score (nSPS) is 14.5. The summed E-state index contributed by atoms with van der Waals surface area (Å²) >= 11 is 0. The number of anilines is 1. The van der Waals surface area contributed by atoms with Gasteiger partial charge in [-0.25, -0.2) is 9.48 Å². The maximum atomic E-state index is 14.1. The van der Waals surface area contributed by atoms with Crippen molar-refractivity contribution in [3.63, 3.8) is 0 Å². The highest BCUT2D eigenvalue weighted by atomic mass is 16.2. The number of nitrogens with one attached hydrogen (secondary N) is 1. The van der Waals surface area contributed by atoms with Crippen molar-refractivity contribution >= 4 is 11.7 Å². The zero-order valence-electron chi connectivity index (χ0n) is 21.9. The standard InChI is InChI=1S/C32H31N5O/c1-4-24-16-18-25(19-17-24)30-29-15-10-20-35(29)31-27(23(3)34-37(31)26-12-6-5-7-13-26)21-36(30)32(38)33-28-14-9-8-11-22(28)2/h5-20,30H,4,21H2,1-3H3,(H,33,38). The third-order valence-corrected chi connectivity index (χ3v) is 7.44. The smallest absolute Gasteiger partial charge is 0.308 e. The maximum Gasteiger partial charge on any atom is 0.322 e. The summed E-state index contributed by atoms with van der Waals surface area (Å²) in [6.07, 6.45) is 3.04. The van der Waals surface area contributed by atoms with Gasteiger partial charge in [0.1, 0.15) is 5.82 Å². The Hall–Kier alpha value is -4.58. The Balaban J connectivity index is 1.53. The summed E-state index contributed by atoms with van der Waals surface area (Å²) in [5, 5.41) is 8.12. The van der Waals surface area contributed by atoms with E-state index in [2.05, 4.69) is 65.5 Å². The Morgan fingerprint density at radius 2 is 1.66 bits per heavy atom. The highest BCUT2D eigenvalue weighted by Gasteiger charge is 2.36. The predicted molar refractivity (Wildman–Crippen MR) is 151 cm³/mol. The topological polar surface area (TPSA) is 55.1 Å². The van der Waals surface area contributed by atoms with E-state index in [-0.39, 0.29) is 12.1 Å². The SMILES string of the molecule is CCc1ccc(C2c3cccn3-c3c(c(C)nn3-c3ccccc3)CN2C(=O)Nc2ccccc2C)cc1. The summed E-state index contributed by atoms with van der Waals surface area (Å²) < 4.78 is 4.19. The highest BCUT2D eigenvalue weighted by Crippen LogP contribution is 2.39. The molecule has 0 radical (unpaired) electrons. The van der Waals surface area contributed by atoms with Crippen molar-refractivity contribution in [1.82, 2.24) is 19.2 Å². The monoisotopic (exact) mass is 501 g/mol. The number of nitrogens with zero attached hydrogens (tertiary/aromatic N) is 4. The molecule has 0 aliphatic carbocycles. The van der Waals surface area contributed by atoms with Gasteiger partial charge in [-0.3, -0.25) is 0 Å². The summed E-state index contributed by atoms with van der Waals surface area (Å²) in [6, 6.07) is 30.4. The Morgan fingerprint density at radius 1 is 0.921 bits per heavy atom. The molecule has 1 atom stereocenters. The Morgan fingerprint density at radius 3 is 2.39 bits per heavy atom. The number of amides is 2. The number of carbonyl (C=O) groups is 1. The first kappa shape index (κ1) is 23.8. The van der Waals surface area contributed by atoms with Gasteiger partial charge in [0.05, 0.1) is 29.7 Å². The van der Waals surface area contributed by atoms with Crippen molar-refractivity contribution in [2.24, 2.45) is 0 Å². The number of fused-ring (bicyclic) bond motifs is 3. The lowest BCUT2D eigenvalue weighted by molar-refractivity contribution is 0.194. The van der Waals surface area contributed by atoms with E-state index in [1.54, 1.807) is 0 Å². The lowest BCUT2D eigenvalue weighted by Gasteiger charge is -2.31. The van der Waals surface area contributed by atoms with Gasteiger partial charge in [0.2, 0.25) is 0 Å². The number of urea groups is 1. The van der Waals surface area contributed by atoms with Crippen molar-refractivity contribution in [3.8, 4) is 11.5 Å². The summed E-state index contributed by atoms with van der Waals surface area (Å²) in [5.41, 5.74) is 8.11. The van der Waals surface area contributed by atoms with E-state index in [0.29, 0.717) is 6.54 Å². The van der Waals surface area contributed by atoms with E-state index >= 15 is 0 Å². The molecule has 0 spiro atoms. The minimum Gasteiger partial charge on any atom is -0.308 e. The van der Waals surface area contributed by atoms with Crippen LogP contribution in [0.5, 0.6) is 0 Å². The number of para-hydroxylation sites is 2. The van der Waals surface area contributed by atoms with Gasteiger partial charge in [0.25, 0.3) is 0 Å². The van der Waals surface area contributed by atoms with E-state index < -0.39 is 0 Å². The summed E-state index contributed by atoms with van der Waals surface area (Å²) in [4.78, 5) is 16.0. The Kier molecular flexibility index (Phi) is 6.08. The molecule has 6 rings (SSSR count). The number of aromatic nitrogens is 3. The van der Waals surface area contributed by atoms with Crippen molar-refractivity contribution in [3.05, 3.63) is 131 Å². The van der Waals surface area contributed by atoms with Crippen molar-refractivity contribution in [2.75, 3.05) is 5.32 Å². The zero-order chi connectivity index (χ0) is 26.2. The van der Waals surface area contributed by atoms with Crippen LogP contribution in [0.3, 0.4) is 0 Å². The average Bonchev–Trinajstić information content (AvgIpc) is 3.51. The predicted octanol–water partition coefficient (Wildman–Crippen LogP) is 6.98. The lowest BCUT2D eigenvalue weighted by Crippen LogP contribution is -2.38. The van der Waals surface area contributed by atoms with E-state index in [9.17, 15) is 4.79 Å². The van der Waals surface area contributed by atoms with Crippen molar-refractivity contribution in [2.45, 2.75) is 39.8 Å². The number of hydrogen-bond donors (Lipinski definition) is 1. The van der Waals surface area contributed by atoms with E-state index in [0.717, 1.165) is 51.7 Å². The zero-order valence-corrected chi connectivity index (χ0v) is 21.9. The number of aryl methyl sites for hydroxylation is 3. The van der Waals surface area contributed by atoms with E-state index in [1.165, 1.54) is 5.56 Å². The van der Waals surface area contributed by atoms with Crippen LogP contribution in [-0.2, 0) is 13.0 Å². The number of benzene rings is 3. The van der Waals surface area contributed by atoms with Gasteiger partial charge in [0, 0.05) is 17.4 Å². The van der Waals surface area contributed by atoms with Gasteiger partial charge in [0.15, 0.2) is 0 Å². The van der Waals surface area contributed by atoms with Crippen LogP contribution in [0.2, 0.25) is 0 Å². The molecule has 0 saturated carbocycles. The van der Waals surface area contributed by atoms with Crippen LogP contribution in [0, 0.1) is 13.8 Å². The minimum absolute atomic E-state index is 0.142. The van der Waals surface area contributed by atoms with Crippen molar-refractivity contribution < 1.29 is 4.79 Å². The number of carbonyl (C=O) groups excluding carboxylic acids is 1. The second kappa shape index (κ2) is 9.71. The highest BCUT2D eigenvalue weighted by molar-refractivity contribution is 5.91. The van der Waals surface area contributed by atoms with Crippen LogP contribution < -0.4 is 5.32 Å². The van der Waals surface area contributed by atoms with Crippen molar-refractivity contribution in [1.29, 1.82) is 0 Å². The molecule has 1 aliphatic heterocycles. The molecule has 190 valence electrons. The summed E-state index contributed by atoms with van der Waals surface area (Å²) in [5.74, 6) is 0.968. The molecular weight excluding hydrogens is 470 g/mol. The third-order valence-electron chi connectivity index (χ3n) is 7.44. The quantitative estimate of drug-likeness (QED) is 0.289. The van der Waals surface area contributed by atoms with Crippen LogP contribution in [-0.4, -0.2) is 25.3 Å². The summed E-state index contributed by atoms with van der Waals surface area (Å²) in [7, 11) is 0. The molecule has 6 heteroatoms. The second-order valence-electron chi connectivity index (χ2n) is 9.81. The van der Waals surface area contributed by atoms with Crippen LogP contribution >= 0.6 is 0 Å². The van der Waals surface area contributed by atoms with E-state index in [1.807, 2.05) is 72.0 Å². The molecule has 38 heavy (non-hydrogen) atoms. The minimum atomic E-state index is -0.282. The van der Waals surface area contributed by atoms with Gasteiger partial charge in [-0.15, -0.1) is 0 Å². The van der Waals surface area contributed by atoms with Gasteiger partial charge in [-0.2, -0.15) is 5.10 Å². The fraction of sp³-hybridized carbons (Fsp3) is 0.188. The molecule has 3 aromatic carbocycles. The number of rotatable bonds is 4. The first-order valence-corrected chi connectivity index (χ1v) is 13.1. The summed E-state index contributed by atoms with van der Waals surface area (Å²) in [6.45, 7) is 6.61. The fourth-order valence-corrected chi connectivity index (χ4v) is 5.34.